The summed E-state index contributed by atoms with van der Waals surface area (Å²) in [4.78, 5) is 36.1. The van der Waals surface area contributed by atoms with Crippen molar-refractivity contribution in [3.8, 4) is 0 Å². The van der Waals surface area contributed by atoms with Crippen molar-refractivity contribution in [2.24, 2.45) is 5.10 Å². The monoisotopic (exact) mass is 379 g/mol. The lowest BCUT2D eigenvalue weighted by Gasteiger charge is -2.03. The van der Waals surface area contributed by atoms with Gasteiger partial charge in [-0.25, -0.2) is 15.3 Å². The third kappa shape index (κ3) is 4.99. The second kappa shape index (κ2) is 7.63. The molecule has 0 radical (unpaired) electrons. The standard InChI is InChI=1S/C14H14BrN5O3/c1-8(9-2-4-10(15)5-3-9)17-19-12(21)7-6-11-13(22)16-14(23)20-18-11/h2-5H,6-7H2,1H3,(H,19,21)(H2,16,20,22,23)/b17-8-. The molecule has 120 valence electrons. The number of aryl methyl sites for hydroxylation is 1. The number of nitrogens with one attached hydrogen (secondary N) is 3. The van der Waals surface area contributed by atoms with Gasteiger partial charge in [0.15, 0.2) is 0 Å². The molecule has 1 aromatic heterocycles. The highest BCUT2D eigenvalue weighted by molar-refractivity contribution is 9.10. The SMILES string of the molecule is C/C(=N/NC(=O)CCc1n[nH]c(=O)[nH]c1=O)c1ccc(Br)cc1. The Labute approximate surface area is 139 Å². The minimum atomic E-state index is -0.682. The molecule has 0 aliphatic heterocycles. The fraction of sp³-hybridized carbons (Fsp3) is 0.214. The van der Waals surface area contributed by atoms with Crippen molar-refractivity contribution >= 4 is 27.5 Å². The van der Waals surface area contributed by atoms with Crippen LogP contribution in [0, 0.1) is 0 Å². The molecule has 0 unspecified atom stereocenters. The zero-order valence-electron chi connectivity index (χ0n) is 12.2. The number of hydrazone groups is 1. The van der Waals surface area contributed by atoms with E-state index in [-0.39, 0.29) is 24.4 Å². The molecule has 0 spiro atoms. The minimum absolute atomic E-state index is 0.0270. The smallest absolute Gasteiger partial charge is 0.273 e. The van der Waals surface area contributed by atoms with E-state index in [9.17, 15) is 14.4 Å². The van der Waals surface area contributed by atoms with Crippen LogP contribution in [0.1, 0.15) is 24.6 Å². The molecule has 0 aliphatic rings. The number of carbonyl (C=O) groups excluding carboxylic acids is 1. The van der Waals surface area contributed by atoms with Gasteiger partial charge in [0.1, 0.15) is 5.69 Å². The Hall–Kier alpha value is -2.55. The van der Waals surface area contributed by atoms with Crippen LogP contribution < -0.4 is 16.7 Å². The quantitative estimate of drug-likeness (QED) is 0.522. The minimum Gasteiger partial charge on any atom is -0.273 e. The second-order valence-corrected chi connectivity index (χ2v) is 5.61. The van der Waals surface area contributed by atoms with Gasteiger partial charge in [-0.15, -0.1) is 0 Å². The Balaban J connectivity index is 1.91. The number of amides is 1. The number of carbonyl (C=O) groups is 1. The van der Waals surface area contributed by atoms with Crippen LogP contribution in [0.4, 0.5) is 0 Å². The predicted molar refractivity (Wildman–Crippen MR) is 88.3 cm³/mol. The van der Waals surface area contributed by atoms with Gasteiger partial charge in [0.05, 0.1) is 5.71 Å². The van der Waals surface area contributed by atoms with E-state index in [0.29, 0.717) is 5.71 Å². The Morgan fingerprint density at radius 1 is 1.30 bits per heavy atom. The molecule has 9 heteroatoms. The van der Waals surface area contributed by atoms with Gasteiger partial charge in [-0.05, 0) is 24.6 Å². The number of rotatable bonds is 5. The van der Waals surface area contributed by atoms with Crippen molar-refractivity contribution < 1.29 is 4.79 Å². The molecule has 0 saturated heterocycles. The maximum Gasteiger partial charge on any atom is 0.342 e. The fourth-order valence-corrected chi connectivity index (χ4v) is 2.00. The van der Waals surface area contributed by atoms with Gasteiger partial charge >= 0.3 is 5.69 Å². The van der Waals surface area contributed by atoms with Crippen molar-refractivity contribution in [3.05, 3.63) is 60.8 Å². The summed E-state index contributed by atoms with van der Waals surface area (Å²) in [6.45, 7) is 1.78. The molecule has 8 nitrogen and oxygen atoms in total. The Bertz CT molecular complexity index is 838. The van der Waals surface area contributed by atoms with Crippen LogP contribution in [-0.4, -0.2) is 26.8 Å². The molecular weight excluding hydrogens is 366 g/mol. The van der Waals surface area contributed by atoms with Crippen molar-refractivity contribution in [1.29, 1.82) is 0 Å². The number of H-pyrrole nitrogens is 2. The number of aromatic amines is 2. The van der Waals surface area contributed by atoms with Crippen molar-refractivity contribution in [1.82, 2.24) is 20.6 Å². The summed E-state index contributed by atoms with van der Waals surface area (Å²) in [7, 11) is 0. The van der Waals surface area contributed by atoms with Crippen LogP contribution >= 0.6 is 15.9 Å². The van der Waals surface area contributed by atoms with Crippen LogP contribution in [0.3, 0.4) is 0 Å². The maximum absolute atomic E-state index is 11.7. The van der Waals surface area contributed by atoms with E-state index in [2.05, 4.69) is 36.7 Å². The van der Waals surface area contributed by atoms with Crippen molar-refractivity contribution in [2.75, 3.05) is 0 Å². The van der Waals surface area contributed by atoms with Gasteiger partial charge in [-0.1, -0.05) is 28.1 Å². The molecule has 0 atom stereocenters. The Morgan fingerprint density at radius 3 is 2.65 bits per heavy atom. The summed E-state index contributed by atoms with van der Waals surface area (Å²) in [6.07, 6.45) is 0.129. The highest BCUT2D eigenvalue weighted by atomic mass is 79.9. The normalized spacial score (nSPS) is 11.3. The average molecular weight is 380 g/mol. The van der Waals surface area contributed by atoms with Crippen molar-refractivity contribution in [3.63, 3.8) is 0 Å². The largest absolute Gasteiger partial charge is 0.342 e. The molecule has 0 bridgehead atoms. The molecular formula is C14H14BrN5O3. The van der Waals surface area contributed by atoms with E-state index in [1.807, 2.05) is 29.2 Å². The molecule has 0 aliphatic carbocycles. The number of hydrogen-bond acceptors (Lipinski definition) is 5. The number of halogens is 1. The summed E-state index contributed by atoms with van der Waals surface area (Å²) in [5, 5.41) is 9.73. The van der Waals surface area contributed by atoms with E-state index >= 15 is 0 Å². The Kier molecular flexibility index (Phi) is 5.58. The zero-order chi connectivity index (χ0) is 16.8. The highest BCUT2D eigenvalue weighted by Gasteiger charge is 2.07. The lowest BCUT2D eigenvalue weighted by molar-refractivity contribution is -0.121. The summed E-state index contributed by atoms with van der Waals surface area (Å²) in [5.41, 5.74) is 2.77. The third-order valence-corrected chi connectivity index (χ3v) is 3.51. The molecule has 0 fully saturated rings. The van der Waals surface area contributed by atoms with Crippen LogP contribution in [-0.2, 0) is 11.2 Å². The topological polar surface area (TPSA) is 120 Å². The number of benzene rings is 1. The van der Waals surface area contributed by atoms with E-state index in [0.717, 1.165) is 10.0 Å². The van der Waals surface area contributed by atoms with Crippen molar-refractivity contribution in [2.45, 2.75) is 19.8 Å². The molecule has 3 N–H and O–H groups in total. The molecule has 1 amide bonds. The van der Waals surface area contributed by atoms with Gasteiger partial charge < -0.3 is 0 Å². The number of hydrogen-bond donors (Lipinski definition) is 3. The molecule has 1 aromatic carbocycles. The lowest BCUT2D eigenvalue weighted by Crippen LogP contribution is -2.28. The Morgan fingerprint density at radius 2 is 2.00 bits per heavy atom. The summed E-state index contributed by atoms with van der Waals surface area (Å²) < 4.78 is 0.955. The summed E-state index contributed by atoms with van der Waals surface area (Å²) in [6, 6.07) is 7.51. The molecule has 1 heterocycles. The van der Waals surface area contributed by atoms with Crippen LogP contribution in [0.15, 0.2) is 43.4 Å². The van der Waals surface area contributed by atoms with Gasteiger partial charge in [0.25, 0.3) is 5.56 Å². The van der Waals surface area contributed by atoms with E-state index < -0.39 is 11.2 Å². The third-order valence-electron chi connectivity index (χ3n) is 2.98. The summed E-state index contributed by atoms with van der Waals surface area (Å²) >= 11 is 3.34. The first-order valence-electron chi connectivity index (χ1n) is 6.72. The van der Waals surface area contributed by atoms with Crippen LogP contribution in [0.2, 0.25) is 0 Å². The van der Waals surface area contributed by atoms with Gasteiger partial charge in [-0.2, -0.15) is 10.2 Å². The van der Waals surface area contributed by atoms with E-state index in [1.54, 1.807) is 6.92 Å². The first-order chi connectivity index (χ1) is 11.0. The van der Waals surface area contributed by atoms with Gasteiger partial charge in [0.2, 0.25) is 5.91 Å². The molecule has 23 heavy (non-hydrogen) atoms. The maximum atomic E-state index is 11.7. The second-order valence-electron chi connectivity index (χ2n) is 4.69. The van der Waals surface area contributed by atoms with Crippen LogP contribution in [0.5, 0.6) is 0 Å². The predicted octanol–water partition coefficient (Wildman–Crippen LogP) is 0.694. The highest BCUT2D eigenvalue weighted by Crippen LogP contribution is 2.11. The lowest BCUT2D eigenvalue weighted by atomic mass is 10.1. The van der Waals surface area contributed by atoms with Crippen LogP contribution in [0.25, 0.3) is 0 Å². The molecule has 0 saturated carbocycles. The first kappa shape index (κ1) is 16.8. The average Bonchev–Trinajstić information content (AvgIpc) is 2.52. The van der Waals surface area contributed by atoms with E-state index in [1.165, 1.54) is 0 Å². The fourth-order valence-electron chi connectivity index (χ4n) is 1.73. The molecule has 2 rings (SSSR count). The zero-order valence-corrected chi connectivity index (χ0v) is 13.8. The van der Waals surface area contributed by atoms with Gasteiger partial charge in [0, 0.05) is 17.3 Å². The first-order valence-corrected chi connectivity index (χ1v) is 7.52. The number of aromatic nitrogens is 3. The number of nitrogens with zero attached hydrogens (tertiary/aromatic N) is 2. The van der Waals surface area contributed by atoms with E-state index in [4.69, 9.17) is 0 Å². The summed E-state index contributed by atoms with van der Waals surface area (Å²) in [5.74, 6) is -0.353. The van der Waals surface area contributed by atoms with Gasteiger partial charge in [-0.3, -0.25) is 14.6 Å². The molecule has 2 aromatic rings.